The molecule has 1 aromatic carbocycles. The summed E-state index contributed by atoms with van der Waals surface area (Å²) in [6, 6.07) is 2.77. The molecular weight excluding hydrogens is 250 g/mol. The van der Waals surface area contributed by atoms with E-state index in [2.05, 4.69) is 5.32 Å². The third-order valence-corrected chi connectivity index (χ3v) is 2.24. The average molecular weight is 267 g/mol. The lowest BCUT2D eigenvalue weighted by Crippen LogP contribution is -2.27. The van der Waals surface area contributed by atoms with Gasteiger partial charge in [-0.05, 0) is 39.3 Å². The number of benzene rings is 1. The van der Waals surface area contributed by atoms with E-state index in [9.17, 15) is 14.7 Å². The van der Waals surface area contributed by atoms with Gasteiger partial charge >= 0.3 is 12.1 Å². The maximum Gasteiger partial charge on any atom is 0.412 e. The highest BCUT2D eigenvalue weighted by atomic mass is 16.6. The zero-order valence-corrected chi connectivity index (χ0v) is 11.3. The van der Waals surface area contributed by atoms with Gasteiger partial charge in [0.1, 0.15) is 11.2 Å². The summed E-state index contributed by atoms with van der Waals surface area (Å²) in [5, 5.41) is 21.1. The van der Waals surface area contributed by atoms with Crippen LogP contribution in [-0.4, -0.2) is 27.9 Å². The number of rotatable bonds is 2. The number of carbonyl (C=O) groups is 2. The molecule has 19 heavy (non-hydrogen) atoms. The summed E-state index contributed by atoms with van der Waals surface area (Å²) in [4.78, 5) is 22.5. The topological polar surface area (TPSA) is 95.9 Å². The molecule has 3 N–H and O–H groups in total. The number of anilines is 1. The van der Waals surface area contributed by atoms with Crippen molar-refractivity contribution in [2.24, 2.45) is 0 Å². The smallest absolute Gasteiger partial charge is 0.412 e. The minimum Gasteiger partial charge on any atom is -0.505 e. The number of ether oxygens (including phenoxy) is 1. The van der Waals surface area contributed by atoms with Gasteiger partial charge in [-0.1, -0.05) is 6.07 Å². The predicted octanol–water partition coefficient (Wildman–Crippen LogP) is 2.75. The normalized spacial score (nSPS) is 10.9. The van der Waals surface area contributed by atoms with Crippen LogP contribution in [0.25, 0.3) is 0 Å². The van der Waals surface area contributed by atoms with Crippen molar-refractivity contribution in [2.45, 2.75) is 33.3 Å². The number of aromatic hydroxyl groups is 1. The van der Waals surface area contributed by atoms with Crippen molar-refractivity contribution in [3.8, 4) is 5.75 Å². The molecule has 0 unspecified atom stereocenters. The highest BCUT2D eigenvalue weighted by molar-refractivity contribution is 5.97. The van der Waals surface area contributed by atoms with Gasteiger partial charge in [0.2, 0.25) is 0 Å². The van der Waals surface area contributed by atoms with E-state index >= 15 is 0 Å². The number of carbonyl (C=O) groups excluding carboxylic acids is 1. The molecule has 0 radical (unpaired) electrons. The van der Waals surface area contributed by atoms with Crippen molar-refractivity contribution < 1.29 is 24.5 Å². The van der Waals surface area contributed by atoms with Crippen LogP contribution in [0.4, 0.5) is 10.5 Å². The van der Waals surface area contributed by atoms with Gasteiger partial charge in [0.05, 0.1) is 5.69 Å². The standard InChI is InChI=1S/C13H17NO5/c1-7-5-6-8(11(16)17)10(15)9(7)14-12(18)19-13(2,3)4/h5-6,15H,1-4H3,(H,14,18)(H,16,17). The molecule has 0 heterocycles. The van der Waals surface area contributed by atoms with Crippen LogP contribution in [0.3, 0.4) is 0 Å². The fourth-order valence-electron chi connectivity index (χ4n) is 1.43. The number of aryl methyl sites for hydroxylation is 1. The molecule has 0 saturated heterocycles. The molecule has 0 bridgehead atoms. The highest BCUT2D eigenvalue weighted by Crippen LogP contribution is 2.31. The van der Waals surface area contributed by atoms with Gasteiger partial charge in [0, 0.05) is 0 Å². The molecule has 0 spiro atoms. The maximum atomic E-state index is 11.6. The first-order valence-electron chi connectivity index (χ1n) is 5.67. The van der Waals surface area contributed by atoms with Crippen molar-refractivity contribution in [1.29, 1.82) is 0 Å². The van der Waals surface area contributed by atoms with Crippen molar-refractivity contribution in [3.05, 3.63) is 23.3 Å². The minimum absolute atomic E-state index is 0.0363. The van der Waals surface area contributed by atoms with Gasteiger partial charge in [-0.2, -0.15) is 0 Å². The maximum absolute atomic E-state index is 11.6. The Morgan fingerprint density at radius 3 is 2.32 bits per heavy atom. The van der Waals surface area contributed by atoms with Gasteiger partial charge in [-0.3, -0.25) is 5.32 Å². The van der Waals surface area contributed by atoms with Crippen LogP contribution < -0.4 is 5.32 Å². The first kappa shape index (κ1) is 14.8. The van der Waals surface area contributed by atoms with Crippen LogP contribution >= 0.6 is 0 Å². The van der Waals surface area contributed by atoms with Gasteiger partial charge < -0.3 is 14.9 Å². The van der Waals surface area contributed by atoms with E-state index in [1.54, 1.807) is 27.7 Å². The van der Waals surface area contributed by atoms with Crippen LogP contribution in [0.5, 0.6) is 5.75 Å². The van der Waals surface area contributed by atoms with E-state index in [0.29, 0.717) is 5.56 Å². The Labute approximate surface area is 111 Å². The fraction of sp³-hybridized carbons (Fsp3) is 0.385. The van der Waals surface area contributed by atoms with Crippen LogP contribution in [-0.2, 0) is 4.74 Å². The summed E-state index contributed by atoms with van der Waals surface area (Å²) in [6.07, 6.45) is -0.756. The van der Waals surface area contributed by atoms with Crippen molar-refractivity contribution in [1.82, 2.24) is 0 Å². The van der Waals surface area contributed by atoms with Crippen molar-refractivity contribution in [3.63, 3.8) is 0 Å². The van der Waals surface area contributed by atoms with E-state index in [4.69, 9.17) is 9.84 Å². The monoisotopic (exact) mass is 267 g/mol. The molecule has 1 aromatic rings. The van der Waals surface area contributed by atoms with E-state index in [-0.39, 0.29) is 11.3 Å². The summed E-state index contributed by atoms with van der Waals surface area (Å²) < 4.78 is 5.04. The second kappa shape index (κ2) is 5.17. The highest BCUT2D eigenvalue weighted by Gasteiger charge is 2.20. The Kier molecular flexibility index (Phi) is 4.04. The quantitative estimate of drug-likeness (QED) is 0.716. The third kappa shape index (κ3) is 3.87. The van der Waals surface area contributed by atoms with Crippen molar-refractivity contribution >= 4 is 17.7 Å². The van der Waals surface area contributed by atoms with Crippen LogP contribution in [0.15, 0.2) is 12.1 Å². The molecule has 0 fully saturated rings. The van der Waals surface area contributed by atoms with Gasteiger partial charge in [0.15, 0.2) is 5.75 Å². The zero-order valence-electron chi connectivity index (χ0n) is 11.3. The Morgan fingerprint density at radius 1 is 1.26 bits per heavy atom. The Morgan fingerprint density at radius 2 is 1.84 bits per heavy atom. The summed E-state index contributed by atoms with van der Waals surface area (Å²) in [6.45, 7) is 6.74. The number of amides is 1. The SMILES string of the molecule is Cc1ccc(C(=O)O)c(O)c1NC(=O)OC(C)(C)C. The summed E-state index contributed by atoms with van der Waals surface area (Å²) in [5.74, 6) is -1.76. The van der Waals surface area contributed by atoms with E-state index in [0.717, 1.165) is 0 Å². The number of aromatic carboxylic acids is 1. The zero-order chi connectivity index (χ0) is 14.8. The van der Waals surface area contributed by atoms with Crippen LogP contribution in [0.2, 0.25) is 0 Å². The molecule has 0 atom stereocenters. The molecule has 0 aliphatic heterocycles. The number of carboxylic acids is 1. The van der Waals surface area contributed by atoms with Gasteiger partial charge in [-0.15, -0.1) is 0 Å². The average Bonchev–Trinajstić information content (AvgIpc) is 2.21. The molecule has 6 heteroatoms. The second-order valence-electron chi connectivity index (χ2n) is 5.09. The van der Waals surface area contributed by atoms with Gasteiger partial charge in [0.25, 0.3) is 0 Å². The number of nitrogens with one attached hydrogen (secondary N) is 1. The fourth-order valence-corrected chi connectivity index (χ4v) is 1.43. The van der Waals surface area contributed by atoms with Crippen molar-refractivity contribution in [2.75, 3.05) is 5.32 Å². The summed E-state index contributed by atoms with van der Waals surface area (Å²) in [5.41, 5.74) is -0.392. The number of carboxylic acid groups (broad SMARTS) is 1. The summed E-state index contributed by atoms with van der Waals surface area (Å²) in [7, 11) is 0. The second-order valence-corrected chi connectivity index (χ2v) is 5.09. The first-order valence-corrected chi connectivity index (χ1v) is 5.67. The van der Waals surface area contributed by atoms with E-state index in [1.165, 1.54) is 12.1 Å². The molecule has 1 amide bonds. The first-order chi connectivity index (χ1) is 8.61. The Hall–Kier alpha value is -2.24. The number of hydrogen-bond acceptors (Lipinski definition) is 4. The van der Waals surface area contributed by atoms with E-state index in [1.807, 2.05) is 0 Å². The number of hydrogen-bond donors (Lipinski definition) is 3. The Bertz CT molecular complexity index is 517. The third-order valence-electron chi connectivity index (χ3n) is 2.24. The lowest BCUT2D eigenvalue weighted by atomic mass is 10.1. The van der Waals surface area contributed by atoms with Gasteiger partial charge in [-0.25, -0.2) is 9.59 Å². The molecule has 104 valence electrons. The Balaban J connectivity index is 3.04. The molecule has 0 aromatic heterocycles. The van der Waals surface area contributed by atoms with E-state index < -0.39 is 23.4 Å². The molecule has 1 rings (SSSR count). The van der Waals surface area contributed by atoms with Crippen LogP contribution in [0, 0.1) is 6.92 Å². The lowest BCUT2D eigenvalue weighted by Gasteiger charge is -2.20. The largest absolute Gasteiger partial charge is 0.505 e. The van der Waals surface area contributed by atoms with Crippen LogP contribution in [0.1, 0.15) is 36.7 Å². The molecular formula is C13H17NO5. The minimum atomic E-state index is -1.27. The molecule has 0 saturated carbocycles. The summed E-state index contributed by atoms with van der Waals surface area (Å²) >= 11 is 0. The molecule has 6 nitrogen and oxygen atoms in total. The molecule has 0 aliphatic rings. The predicted molar refractivity (Wildman–Crippen MR) is 69.7 cm³/mol. The lowest BCUT2D eigenvalue weighted by molar-refractivity contribution is 0.0631. The molecule has 0 aliphatic carbocycles. The number of phenols is 1.